The van der Waals surface area contributed by atoms with Crippen LogP contribution in [-0.2, 0) is 35.5 Å². The van der Waals surface area contributed by atoms with Crippen LogP contribution in [0.4, 0.5) is 0 Å². The Morgan fingerprint density at radius 2 is 1.00 bits per heavy atom. The Bertz CT molecular complexity index is 892. The number of hydrogen-bond donors (Lipinski definition) is 0. The van der Waals surface area contributed by atoms with Crippen LogP contribution in [0.15, 0.2) is 96.8 Å². The number of sulfone groups is 1. The molecule has 2 aromatic rings. The van der Waals surface area contributed by atoms with Gasteiger partial charge in [-0.05, 0) is 60.1 Å². The van der Waals surface area contributed by atoms with Gasteiger partial charge < -0.3 is 0 Å². The smallest absolute Gasteiger partial charge is 0.207 e. The molecule has 0 atom stereocenters. The fraction of sp³-hybridized carbons (Fsp3) is 0.167. The Morgan fingerprint density at radius 3 is 1.33 bits per heavy atom. The molecule has 0 aliphatic rings. The van der Waals surface area contributed by atoms with Crippen LogP contribution >= 0.6 is 0 Å². The molecule has 2 nitrogen and oxygen atoms in total. The van der Waals surface area contributed by atoms with Crippen LogP contribution in [0.3, 0.4) is 0 Å². The van der Waals surface area contributed by atoms with Crippen LogP contribution in [0.25, 0.3) is 0 Å². The summed E-state index contributed by atoms with van der Waals surface area (Å²) in [6.07, 6.45) is 9.24. The van der Waals surface area contributed by atoms with E-state index < -0.39 is 9.84 Å². The minimum atomic E-state index is -3.69. The first-order valence-corrected chi connectivity index (χ1v) is 10.4. The predicted octanol–water partition coefficient (Wildman–Crippen LogP) is 5.43. The lowest BCUT2D eigenvalue weighted by Crippen LogP contribution is -2.11. The lowest BCUT2D eigenvalue weighted by molar-refractivity contribution is 0.594. The van der Waals surface area contributed by atoms with Gasteiger partial charge in [-0.25, -0.2) is 8.42 Å². The summed E-state index contributed by atoms with van der Waals surface area (Å²) in [5.74, 6) is 0. The topological polar surface area (TPSA) is 34.1 Å². The van der Waals surface area contributed by atoms with Gasteiger partial charge in [0, 0.05) is 0 Å². The molecule has 2 rings (SSSR count). The Balaban J connectivity index is 2.76. The third-order valence-corrected chi connectivity index (χ3v) is 6.39. The Labute approximate surface area is 163 Å². The van der Waals surface area contributed by atoms with Gasteiger partial charge in [0.15, 0.2) is 0 Å². The highest BCUT2D eigenvalue weighted by Crippen LogP contribution is 2.31. The summed E-state index contributed by atoms with van der Waals surface area (Å²) in [5.41, 5.74) is 3.48. The first kappa shape index (κ1) is 20.7. The van der Waals surface area contributed by atoms with Crippen LogP contribution in [-0.4, -0.2) is 8.42 Å². The molecule has 0 radical (unpaired) electrons. The van der Waals surface area contributed by atoms with Gasteiger partial charge in [-0.2, -0.15) is 0 Å². The molecule has 0 saturated heterocycles. The van der Waals surface area contributed by atoms with E-state index in [9.17, 15) is 8.42 Å². The van der Waals surface area contributed by atoms with Crippen molar-refractivity contribution in [1.29, 1.82) is 0 Å². The Hall–Kier alpha value is -2.65. The standard InChI is InChI=1S/C24H26O2S/c1-5-11-19-15-9-17-23(21(19)13-7-3)27(25,26)24-18-10-16-20(12-6-2)22(24)14-8-4/h5-10,15-18H,1-4,11-14H2. The predicted molar refractivity (Wildman–Crippen MR) is 114 cm³/mol. The van der Waals surface area contributed by atoms with Gasteiger partial charge in [0.2, 0.25) is 9.84 Å². The van der Waals surface area contributed by atoms with Crippen molar-refractivity contribution in [3.05, 3.63) is 109 Å². The molecule has 0 aliphatic carbocycles. The molecule has 0 saturated carbocycles. The van der Waals surface area contributed by atoms with Gasteiger partial charge in [-0.15, -0.1) is 26.3 Å². The second kappa shape index (κ2) is 9.33. The minimum absolute atomic E-state index is 0.336. The van der Waals surface area contributed by atoms with Crippen LogP contribution in [0.1, 0.15) is 22.3 Å². The zero-order valence-electron chi connectivity index (χ0n) is 15.7. The third-order valence-electron chi connectivity index (χ3n) is 4.46. The van der Waals surface area contributed by atoms with E-state index in [1.807, 2.05) is 12.1 Å². The zero-order valence-corrected chi connectivity index (χ0v) is 16.5. The summed E-state index contributed by atoms with van der Waals surface area (Å²) < 4.78 is 27.2. The fourth-order valence-corrected chi connectivity index (χ4v) is 5.12. The quantitative estimate of drug-likeness (QED) is 0.516. The number of benzene rings is 2. The monoisotopic (exact) mass is 378 g/mol. The molecule has 0 unspecified atom stereocenters. The molecule has 140 valence electrons. The van der Waals surface area contributed by atoms with Crippen LogP contribution in [0.5, 0.6) is 0 Å². The maximum atomic E-state index is 13.6. The van der Waals surface area contributed by atoms with Gasteiger partial charge in [0.1, 0.15) is 0 Å². The molecule has 0 heterocycles. The normalized spacial score (nSPS) is 11.0. The minimum Gasteiger partial charge on any atom is -0.218 e. The van der Waals surface area contributed by atoms with Crippen molar-refractivity contribution < 1.29 is 8.42 Å². The van der Waals surface area contributed by atoms with Crippen molar-refractivity contribution in [3.63, 3.8) is 0 Å². The molecule has 3 heteroatoms. The highest BCUT2D eigenvalue weighted by Gasteiger charge is 2.25. The van der Waals surface area contributed by atoms with Crippen LogP contribution in [0.2, 0.25) is 0 Å². The molecular formula is C24H26O2S. The van der Waals surface area contributed by atoms with Crippen molar-refractivity contribution in [2.75, 3.05) is 0 Å². The maximum Gasteiger partial charge on any atom is 0.207 e. The van der Waals surface area contributed by atoms with E-state index in [4.69, 9.17) is 0 Å². The summed E-state index contributed by atoms with van der Waals surface area (Å²) in [7, 11) is -3.69. The first-order chi connectivity index (χ1) is 13.0. The Morgan fingerprint density at radius 1 is 0.630 bits per heavy atom. The third kappa shape index (κ3) is 4.37. The van der Waals surface area contributed by atoms with Crippen molar-refractivity contribution in [2.45, 2.75) is 35.5 Å². The molecule has 0 N–H and O–H groups in total. The summed E-state index contributed by atoms with van der Waals surface area (Å²) in [6, 6.07) is 10.8. The summed E-state index contributed by atoms with van der Waals surface area (Å²) in [5, 5.41) is 0. The van der Waals surface area contributed by atoms with Gasteiger partial charge in [0.05, 0.1) is 9.79 Å². The van der Waals surface area contributed by atoms with E-state index in [1.165, 1.54) is 0 Å². The SMILES string of the molecule is C=CCc1cccc(S(=O)(=O)c2cccc(CC=C)c2CC=C)c1CC=C. The van der Waals surface area contributed by atoms with Crippen molar-refractivity contribution in [2.24, 2.45) is 0 Å². The molecule has 0 bridgehead atoms. The number of hydrogen-bond acceptors (Lipinski definition) is 2. The molecule has 0 fully saturated rings. The highest BCUT2D eigenvalue weighted by atomic mass is 32.2. The van der Waals surface area contributed by atoms with E-state index in [0.717, 1.165) is 22.3 Å². The molecular weight excluding hydrogens is 352 g/mol. The van der Waals surface area contributed by atoms with E-state index in [2.05, 4.69) is 26.3 Å². The fourth-order valence-electron chi connectivity index (χ4n) is 3.29. The Kier molecular flexibility index (Phi) is 7.14. The van der Waals surface area contributed by atoms with Crippen LogP contribution in [0, 0.1) is 0 Å². The average Bonchev–Trinajstić information content (AvgIpc) is 2.65. The molecule has 2 aromatic carbocycles. The van der Waals surface area contributed by atoms with E-state index in [1.54, 1.807) is 48.6 Å². The van der Waals surface area contributed by atoms with Gasteiger partial charge in [0.25, 0.3) is 0 Å². The molecule has 0 spiro atoms. The van der Waals surface area contributed by atoms with Crippen molar-refractivity contribution in [3.8, 4) is 0 Å². The van der Waals surface area contributed by atoms with Gasteiger partial charge in [-0.1, -0.05) is 48.6 Å². The number of allylic oxidation sites excluding steroid dienone is 4. The van der Waals surface area contributed by atoms with Crippen molar-refractivity contribution in [1.82, 2.24) is 0 Å². The van der Waals surface area contributed by atoms with Gasteiger partial charge in [-0.3, -0.25) is 0 Å². The molecule has 0 aliphatic heterocycles. The van der Waals surface area contributed by atoms with Gasteiger partial charge >= 0.3 is 0 Å². The summed E-state index contributed by atoms with van der Waals surface area (Å²) in [4.78, 5) is 0.672. The average molecular weight is 379 g/mol. The molecule has 0 amide bonds. The number of rotatable bonds is 10. The van der Waals surface area contributed by atoms with E-state index in [-0.39, 0.29) is 0 Å². The lowest BCUT2D eigenvalue weighted by atomic mass is 10.0. The van der Waals surface area contributed by atoms with E-state index >= 15 is 0 Å². The maximum absolute atomic E-state index is 13.6. The highest BCUT2D eigenvalue weighted by molar-refractivity contribution is 7.91. The lowest BCUT2D eigenvalue weighted by Gasteiger charge is -2.17. The summed E-state index contributed by atoms with van der Waals surface area (Å²) in [6.45, 7) is 15.2. The molecule has 0 aromatic heterocycles. The van der Waals surface area contributed by atoms with E-state index in [0.29, 0.717) is 35.5 Å². The second-order valence-corrected chi connectivity index (χ2v) is 8.15. The summed E-state index contributed by atoms with van der Waals surface area (Å²) >= 11 is 0. The molecule has 27 heavy (non-hydrogen) atoms. The zero-order chi connectivity index (χ0) is 19.9. The first-order valence-electron chi connectivity index (χ1n) is 8.91. The largest absolute Gasteiger partial charge is 0.218 e. The van der Waals surface area contributed by atoms with Crippen LogP contribution < -0.4 is 0 Å². The van der Waals surface area contributed by atoms with Crippen molar-refractivity contribution >= 4 is 9.84 Å². The second-order valence-electron chi connectivity index (χ2n) is 6.26.